The summed E-state index contributed by atoms with van der Waals surface area (Å²) in [6.07, 6.45) is 0. The van der Waals surface area contributed by atoms with Crippen LogP contribution in [0.1, 0.15) is 22.5 Å². The number of aromatic nitrogens is 1. The lowest BCUT2D eigenvalue weighted by Crippen LogP contribution is -2.26. The minimum atomic E-state index is -4.21. The van der Waals surface area contributed by atoms with Gasteiger partial charge in [0.25, 0.3) is 10.0 Å². The van der Waals surface area contributed by atoms with Gasteiger partial charge in [-0.25, -0.2) is 12.4 Å². The molecule has 7 aromatic rings. The smallest absolute Gasteiger partial charge is 0.268 e. The molecule has 7 rings (SSSR count). The van der Waals surface area contributed by atoms with E-state index in [1.54, 1.807) is 24.3 Å². The van der Waals surface area contributed by atoms with E-state index in [0.29, 0.717) is 21.8 Å². The van der Waals surface area contributed by atoms with E-state index in [0.717, 1.165) is 32.1 Å². The van der Waals surface area contributed by atoms with Gasteiger partial charge in [0.05, 0.1) is 21.8 Å². The monoisotopic (exact) mass is 715 g/mol. The van der Waals surface area contributed by atoms with Crippen molar-refractivity contribution in [1.82, 2.24) is 3.97 Å². The Labute approximate surface area is 283 Å². The van der Waals surface area contributed by atoms with Crippen LogP contribution in [0.3, 0.4) is 0 Å². The lowest BCUT2D eigenvalue weighted by atomic mass is 9.98. The molecule has 1 aromatic heterocycles. The first-order valence-corrected chi connectivity index (χ1v) is 19.3. The summed E-state index contributed by atoms with van der Waals surface area (Å²) in [4.78, 5) is 0.157. The number of hydrogen-bond donors (Lipinski definition) is 0. The molecule has 1 unspecified atom stereocenters. The number of aryl methyl sites for hydroxylation is 1. The van der Waals surface area contributed by atoms with E-state index in [1.807, 2.05) is 146 Å². The molecule has 0 saturated heterocycles. The second kappa shape index (κ2) is 12.6. The van der Waals surface area contributed by atoms with Gasteiger partial charge < -0.3 is 4.57 Å². The summed E-state index contributed by atoms with van der Waals surface area (Å²) in [6.45, 7) is 1.93. The highest BCUT2D eigenvalue weighted by Gasteiger charge is 2.44. The van der Waals surface area contributed by atoms with Gasteiger partial charge in [0, 0.05) is 26.0 Å². The van der Waals surface area contributed by atoms with E-state index in [4.69, 9.17) is 0 Å². The molecule has 6 aromatic carbocycles. The Hall–Kier alpha value is -4.48. The van der Waals surface area contributed by atoms with Crippen LogP contribution < -0.4 is 10.6 Å². The molecular weight excluding hydrogens is 685 g/mol. The molecule has 0 saturated carbocycles. The van der Waals surface area contributed by atoms with Crippen molar-refractivity contribution in [2.45, 2.75) is 17.5 Å². The Morgan fingerprint density at radius 3 is 1.70 bits per heavy atom. The molecule has 0 N–H and O–H groups in total. The molecule has 1 atom stereocenters. The van der Waals surface area contributed by atoms with Crippen LogP contribution in [-0.2, 0) is 14.6 Å². The summed E-state index contributed by atoms with van der Waals surface area (Å²) in [5, 5.41) is 2.03. The van der Waals surface area contributed by atoms with Crippen LogP contribution in [0.25, 0.3) is 22.0 Å². The molecule has 0 spiro atoms. The molecule has 0 aliphatic rings. The molecule has 7 heteroatoms. The molecule has 47 heavy (non-hydrogen) atoms. The Morgan fingerprint density at radius 1 is 0.638 bits per heavy atom. The maximum Gasteiger partial charge on any atom is 0.268 e. The summed E-state index contributed by atoms with van der Waals surface area (Å²) in [5.74, 6) is 0. The van der Waals surface area contributed by atoms with Gasteiger partial charge in [0.1, 0.15) is 0 Å². The van der Waals surface area contributed by atoms with Crippen molar-refractivity contribution in [3.8, 4) is 11.1 Å². The van der Waals surface area contributed by atoms with E-state index in [2.05, 4.69) is 15.9 Å². The molecule has 4 nitrogen and oxygen atoms in total. The zero-order valence-electron chi connectivity index (χ0n) is 25.6. The molecule has 0 amide bonds. The lowest BCUT2D eigenvalue weighted by molar-refractivity contribution is 0.579. The van der Waals surface area contributed by atoms with Crippen molar-refractivity contribution >= 4 is 54.6 Å². The highest BCUT2D eigenvalue weighted by atomic mass is 79.9. The van der Waals surface area contributed by atoms with Crippen LogP contribution in [0, 0.1) is 6.92 Å². The molecule has 1 heterocycles. The zero-order valence-corrected chi connectivity index (χ0v) is 28.9. The van der Waals surface area contributed by atoms with Crippen molar-refractivity contribution < 1.29 is 13.0 Å². The van der Waals surface area contributed by atoms with Gasteiger partial charge in [0.2, 0.25) is 0 Å². The van der Waals surface area contributed by atoms with Crippen molar-refractivity contribution in [3.63, 3.8) is 0 Å². The third-order valence-electron chi connectivity index (χ3n) is 8.56. The second-order valence-corrected chi connectivity index (χ2v) is 17.1. The fourth-order valence-corrected chi connectivity index (χ4v) is 11.7. The Balaban J connectivity index is 1.72. The van der Waals surface area contributed by atoms with Crippen LogP contribution in [0.2, 0.25) is 0 Å². The average molecular weight is 717 g/mol. The topological polar surface area (TPSA) is 56.1 Å². The minimum Gasteiger partial charge on any atom is -0.313 e. The van der Waals surface area contributed by atoms with E-state index in [1.165, 1.54) is 3.97 Å². The number of nitrogens with zero attached hydrogens (tertiary/aromatic N) is 1. The van der Waals surface area contributed by atoms with Crippen LogP contribution in [0.5, 0.6) is 0 Å². The van der Waals surface area contributed by atoms with Crippen molar-refractivity contribution in [1.29, 1.82) is 0 Å². The zero-order chi connectivity index (χ0) is 32.6. The molecule has 0 fully saturated rings. The summed E-state index contributed by atoms with van der Waals surface area (Å²) in [6, 6.07) is 51.0. The quantitative estimate of drug-likeness (QED) is 0.147. The van der Waals surface area contributed by atoms with Gasteiger partial charge in [-0.3, -0.25) is 0 Å². The summed E-state index contributed by atoms with van der Waals surface area (Å²) in [5.41, 5.74) is 3.34. The molecular formula is C40H31BrNO3PS. The minimum absolute atomic E-state index is 0.157. The van der Waals surface area contributed by atoms with Crippen LogP contribution in [0.15, 0.2) is 173 Å². The van der Waals surface area contributed by atoms with Crippen LogP contribution in [-0.4, -0.2) is 12.4 Å². The highest BCUT2D eigenvalue weighted by molar-refractivity contribution is 9.10. The first-order chi connectivity index (χ1) is 22.8. The summed E-state index contributed by atoms with van der Waals surface area (Å²) >= 11 is 3.66. The van der Waals surface area contributed by atoms with Gasteiger partial charge in [0.15, 0.2) is 7.14 Å². The molecule has 0 radical (unpaired) electrons. The predicted octanol–water partition coefficient (Wildman–Crippen LogP) is 9.72. The maximum atomic E-state index is 16.5. The maximum absolute atomic E-state index is 16.5. The predicted molar refractivity (Wildman–Crippen MR) is 197 cm³/mol. The van der Waals surface area contributed by atoms with Gasteiger partial charge in [-0.15, -0.1) is 0 Å². The number of fused-ring (bicyclic) bond motifs is 1. The Morgan fingerprint density at radius 2 is 1.15 bits per heavy atom. The van der Waals surface area contributed by atoms with E-state index < -0.39 is 22.8 Å². The Bertz CT molecular complexity index is 2300. The fourth-order valence-electron chi connectivity index (χ4n) is 6.41. The second-order valence-electron chi connectivity index (χ2n) is 11.5. The SMILES string of the molecule is Cc1ccc(S(=O)(=O)n2c(C(c3ccccc3)P(=O)(c3ccccc3)c3ccccc3)c(-c3ccccc3)c3cc(Br)ccc32)cc1. The average Bonchev–Trinajstić information content (AvgIpc) is 3.44. The number of rotatable bonds is 8. The largest absolute Gasteiger partial charge is 0.313 e. The van der Waals surface area contributed by atoms with Gasteiger partial charge in [-0.1, -0.05) is 155 Å². The molecule has 0 aliphatic carbocycles. The summed E-state index contributed by atoms with van der Waals surface area (Å²) in [7, 11) is -7.90. The van der Waals surface area contributed by atoms with E-state index in [9.17, 15) is 0 Å². The lowest BCUT2D eigenvalue weighted by Gasteiger charge is -2.31. The van der Waals surface area contributed by atoms with Crippen molar-refractivity contribution in [2.24, 2.45) is 0 Å². The third kappa shape index (κ3) is 5.51. The normalized spacial score (nSPS) is 12.6. The van der Waals surface area contributed by atoms with Crippen LogP contribution in [0.4, 0.5) is 0 Å². The molecule has 0 aliphatic heterocycles. The van der Waals surface area contributed by atoms with Crippen LogP contribution >= 0.6 is 23.1 Å². The number of halogens is 1. The first kappa shape index (κ1) is 31.1. The van der Waals surface area contributed by atoms with Gasteiger partial charge in [-0.05, 0) is 48.4 Å². The first-order valence-electron chi connectivity index (χ1n) is 15.3. The fraction of sp³-hybridized carbons (Fsp3) is 0.0500. The third-order valence-corrected chi connectivity index (χ3v) is 14.2. The van der Waals surface area contributed by atoms with E-state index >= 15 is 13.0 Å². The number of benzene rings is 6. The van der Waals surface area contributed by atoms with Crippen molar-refractivity contribution in [3.05, 3.63) is 185 Å². The van der Waals surface area contributed by atoms with Gasteiger partial charge >= 0.3 is 0 Å². The highest BCUT2D eigenvalue weighted by Crippen LogP contribution is 2.63. The molecule has 232 valence electrons. The van der Waals surface area contributed by atoms with E-state index in [-0.39, 0.29) is 4.90 Å². The Kier molecular flexibility index (Phi) is 8.36. The molecule has 0 bridgehead atoms. The summed E-state index contributed by atoms with van der Waals surface area (Å²) < 4.78 is 49.0. The standard InChI is InChI=1S/C40H31BrNO3PS/c1-29-22-25-35(26-23-29)47(44,45)42-37-27-24-32(41)28-36(37)38(30-14-6-2-7-15-30)39(42)40(31-16-8-3-9-17-31)46(43,33-18-10-4-11-19-33)34-20-12-5-13-21-34/h2-28,40H,1H3. The van der Waals surface area contributed by atoms with Crippen molar-refractivity contribution in [2.75, 3.05) is 0 Å². The van der Waals surface area contributed by atoms with Gasteiger partial charge in [-0.2, -0.15) is 0 Å². The number of hydrogen-bond acceptors (Lipinski definition) is 3.